The summed E-state index contributed by atoms with van der Waals surface area (Å²) in [6.07, 6.45) is -4.29. The Bertz CT molecular complexity index is 195. The van der Waals surface area contributed by atoms with Crippen LogP contribution in [-0.2, 0) is 4.74 Å². The molecule has 0 saturated heterocycles. The lowest BCUT2D eigenvalue weighted by atomic mass is 10.6. The smallest absolute Gasteiger partial charge is 0.370 e. The highest BCUT2D eigenvalue weighted by atomic mass is 19.4. The Kier molecular flexibility index (Phi) is 6.80. The molecule has 8 heteroatoms. The number of hydrogen-bond donors (Lipinski definition) is 3. The lowest BCUT2D eigenvalue weighted by Crippen LogP contribution is -2.41. The lowest BCUT2D eigenvalue weighted by molar-refractivity contribution is -0.173. The second-order valence-corrected chi connectivity index (χ2v) is 2.57. The van der Waals surface area contributed by atoms with Crippen LogP contribution in [0.25, 0.3) is 0 Å². The molecule has 0 aliphatic carbocycles. The fourth-order valence-corrected chi connectivity index (χ4v) is 0.730. The molecule has 4 N–H and O–H groups in total. The van der Waals surface area contributed by atoms with Gasteiger partial charge in [0.1, 0.15) is 6.61 Å². The van der Waals surface area contributed by atoms with E-state index in [2.05, 4.69) is 20.5 Å². The van der Waals surface area contributed by atoms with Gasteiger partial charge in [0.25, 0.3) is 0 Å². The zero-order valence-corrected chi connectivity index (χ0v) is 8.40. The van der Waals surface area contributed by atoms with Crippen molar-refractivity contribution in [3.05, 3.63) is 0 Å². The van der Waals surface area contributed by atoms with Crippen LogP contribution < -0.4 is 16.6 Å². The van der Waals surface area contributed by atoms with E-state index in [-0.39, 0.29) is 13.2 Å². The van der Waals surface area contributed by atoms with Crippen LogP contribution in [0.4, 0.5) is 13.2 Å². The molecule has 0 heterocycles. The van der Waals surface area contributed by atoms with E-state index in [1.54, 1.807) is 0 Å². The van der Waals surface area contributed by atoms with E-state index in [4.69, 9.17) is 5.84 Å². The van der Waals surface area contributed by atoms with Crippen LogP contribution in [0.5, 0.6) is 0 Å². The average molecular weight is 228 g/mol. The Balaban J connectivity index is 3.59. The highest BCUT2D eigenvalue weighted by Crippen LogP contribution is 2.13. The van der Waals surface area contributed by atoms with E-state index < -0.39 is 12.8 Å². The summed E-state index contributed by atoms with van der Waals surface area (Å²) in [5.74, 6) is 5.41. The Labute approximate surface area is 85.8 Å². The standard InChI is InChI=1S/C7H15F3N4O/c1-2-12-6(14-11)13-3-4-15-5-7(8,9)10/h2-5,11H2,1H3,(H2,12,13,14). The first-order valence-electron chi connectivity index (χ1n) is 4.39. The van der Waals surface area contributed by atoms with Crippen molar-refractivity contribution in [1.82, 2.24) is 10.7 Å². The van der Waals surface area contributed by atoms with Gasteiger partial charge in [0, 0.05) is 6.54 Å². The van der Waals surface area contributed by atoms with Crippen LogP contribution in [0.2, 0.25) is 0 Å². The summed E-state index contributed by atoms with van der Waals surface area (Å²) in [5, 5.41) is 2.78. The predicted molar refractivity (Wildman–Crippen MR) is 50.2 cm³/mol. The molecule has 0 aromatic carbocycles. The van der Waals surface area contributed by atoms with Crippen LogP contribution in [0.3, 0.4) is 0 Å². The zero-order valence-electron chi connectivity index (χ0n) is 8.40. The third kappa shape index (κ3) is 9.29. The maximum atomic E-state index is 11.6. The van der Waals surface area contributed by atoms with Gasteiger partial charge in [-0.05, 0) is 6.92 Å². The minimum Gasteiger partial charge on any atom is -0.370 e. The summed E-state index contributed by atoms with van der Waals surface area (Å²) < 4.78 is 39.2. The molecule has 0 bridgehead atoms. The van der Waals surface area contributed by atoms with E-state index in [0.717, 1.165) is 0 Å². The van der Waals surface area contributed by atoms with Gasteiger partial charge in [-0.15, -0.1) is 0 Å². The van der Waals surface area contributed by atoms with E-state index in [0.29, 0.717) is 12.5 Å². The van der Waals surface area contributed by atoms with Crippen molar-refractivity contribution in [2.45, 2.75) is 13.1 Å². The van der Waals surface area contributed by atoms with Gasteiger partial charge in [0.15, 0.2) is 0 Å². The van der Waals surface area contributed by atoms with Crippen LogP contribution in [-0.4, -0.2) is 38.4 Å². The van der Waals surface area contributed by atoms with Gasteiger partial charge in [0.05, 0.1) is 13.2 Å². The Morgan fingerprint density at radius 1 is 1.47 bits per heavy atom. The Morgan fingerprint density at radius 3 is 2.60 bits per heavy atom. The molecule has 0 rings (SSSR count). The number of halogens is 3. The molecule has 15 heavy (non-hydrogen) atoms. The topological polar surface area (TPSA) is 71.7 Å². The molecule has 0 unspecified atom stereocenters. The van der Waals surface area contributed by atoms with Crippen molar-refractivity contribution < 1.29 is 17.9 Å². The number of hydrazine groups is 1. The molecule has 0 aromatic heterocycles. The predicted octanol–water partition coefficient (Wildman–Crippen LogP) is -0.00590. The van der Waals surface area contributed by atoms with Gasteiger partial charge in [-0.3, -0.25) is 5.43 Å². The fourth-order valence-electron chi connectivity index (χ4n) is 0.730. The van der Waals surface area contributed by atoms with Crippen molar-refractivity contribution >= 4 is 5.96 Å². The summed E-state index contributed by atoms with van der Waals surface area (Å²) in [5.41, 5.74) is 2.27. The van der Waals surface area contributed by atoms with Gasteiger partial charge in [0.2, 0.25) is 5.96 Å². The number of rotatable bonds is 5. The van der Waals surface area contributed by atoms with Crippen LogP contribution >= 0.6 is 0 Å². The molecule has 90 valence electrons. The molecule has 0 radical (unpaired) electrons. The minimum absolute atomic E-state index is 0.101. The molecule has 0 fully saturated rings. The van der Waals surface area contributed by atoms with Gasteiger partial charge in [-0.25, -0.2) is 10.8 Å². The summed E-state index contributed by atoms with van der Waals surface area (Å²) in [4.78, 5) is 3.83. The molecule has 0 amide bonds. The number of nitrogens with one attached hydrogen (secondary N) is 2. The van der Waals surface area contributed by atoms with E-state index in [9.17, 15) is 13.2 Å². The summed E-state index contributed by atoms with van der Waals surface area (Å²) in [6.45, 7) is 1.22. The highest BCUT2D eigenvalue weighted by molar-refractivity contribution is 5.78. The lowest BCUT2D eigenvalue weighted by Gasteiger charge is -2.08. The van der Waals surface area contributed by atoms with E-state index in [1.165, 1.54) is 0 Å². The van der Waals surface area contributed by atoms with E-state index in [1.807, 2.05) is 6.92 Å². The van der Waals surface area contributed by atoms with Gasteiger partial charge in [-0.1, -0.05) is 0 Å². The Morgan fingerprint density at radius 2 is 2.13 bits per heavy atom. The monoisotopic (exact) mass is 228 g/mol. The maximum absolute atomic E-state index is 11.6. The molecule has 0 aliphatic rings. The molecule has 0 aliphatic heterocycles. The van der Waals surface area contributed by atoms with Crippen molar-refractivity contribution in [2.75, 3.05) is 26.3 Å². The van der Waals surface area contributed by atoms with Crippen molar-refractivity contribution in [1.29, 1.82) is 0 Å². The molecule has 0 spiro atoms. The second-order valence-electron chi connectivity index (χ2n) is 2.57. The molecule has 0 atom stereocenters. The van der Waals surface area contributed by atoms with Gasteiger partial charge < -0.3 is 10.1 Å². The number of nitrogens with zero attached hydrogens (tertiary/aromatic N) is 1. The number of guanidine groups is 1. The first-order chi connectivity index (χ1) is 6.99. The average Bonchev–Trinajstić information content (AvgIpc) is 2.14. The quantitative estimate of drug-likeness (QED) is 0.203. The zero-order chi connectivity index (χ0) is 11.7. The SMILES string of the molecule is CCNC(=NCCOCC(F)(F)F)NN. The van der Waals surface area contributed by atoms with Crippen LogP contribution in [0.1, 0.15) is 6.92 Å². The maximum Gasteiger partial charge on any atom is 0.411 e. The minimum atomic E-state index is -4.29. The first kappa shape index (κ1) is 14.0. The number of aliphatic imine (C=N–C) groups is 1. The number of nitrogens with two attached hydrogens (primary N) is 1. The van der Waals surface area contributed by atoms with Crippen LogP contribution in [0.15, 0.2) is 4.99 Å². The molecular weight excluding hydrogens is 213 g/mol. The number of hydrogen-bond acceptors (Lipinski definition) is 3. The molecular formula is C7H15F3N4O. The normalized spacial score (nSPS) is 12.7. The summed E-state index contributed by atoms with van der Waals surface area (Å²) in [6, 6.07) is 0. The largest absolute Gasteiger partial charge is 0.411 e. The van der Waals surface area contributed by atoms with Crippen molar-refractivity contribution in [3.8, 4) is 0 Å². The fraction of sp³-hybridized carbons (Fsp3) is 0.857. The first-order valence-corrected chi connectivity index (χ1v) is 4.39. The summed E-state index contributed by atoms with van der Waals surface area (Å²) in [7, 11) is 0. The number of ether oxygens (including phenoxy) is 1. The number of alkyl halides is 3. The van der Waals surface area contributed by atoms with Gasteiger partial charge in [-0.2, -0.15) is 13.2 Å². The molecule has 0 saturated carbocycles. The highest BCUT2D eigenvalue weighted by Gasteiger charge is 2.27. The van der Waals surface area contributed by atoms with E-state index >= 15 is 0 Å². The van der Waals surface area contributed by atoms with Crippen molar-refractivity contribution in [2.24, 2.45) is 10.8 Å². The third-order valence-corrected chi connectivity index (χ3v) is 1.25. The summed E-state index contributed by atoms with van der Waals surface area (Å²) >= 11 is 0. The second kappa shape index (κ2) is 7.30. The molecule has 0 aromatic rings. The molecule has 5 nitrogen and oxygen atoms in total. The van der Waals surface area contributed by atoms with Crippen molar-refractivity contribution in [3.63, 3.8) is 0 Å². The van der Waals surface area contributed by atoms with Gasteiger partial charge >= 0.3 is 6.18 Å². The third-order valence-electron chi connectivity index (χ3n) is 1.25. The Hall–Kier alpha value is -1.02. The van der Waals surface area contributed by atoms with Crippen LogP contribution in [0, 0.1) is 0 Å².